The highest BCUT2D eigenvalue weighted by Crippen LogP contribution is 2.35. The molecule has 0 saturated carbocycles. The zero-order valence-corrected chi connectivity index (χ0v) is 18.1. The fraction of sp³-hybridized carbons (Fsp3) is 0.357. The predicted octanol–water partition coefficient (Wildman–Crippen LogP) is 4.69. The summed E-state index contributed by atoms with van der Waals surface area (Å²) in [5.41, 5.74) is 5.19. The third kappa shape index (κ3) is 4.45. The lowest BCUT2D eigenvalue weighted by molar-refractivity contribution is 0.0421. The lowest BCUT2D eigenvalue weighted by atomic mass is 9.81. The number of nitrogens with zero attached hydrogens (tertiary/aromatic N) is 2. The van der Waals surface area contributed by atoms with E-state index in [0.717, 1.165) is 51.1 Å². The van der Waals surface area contributed by atoms with E-state index in [1.807, 2.05) is 0 Å². The van der Waals surface area contributed by atoms with Crippen molar-refractivity contribution in [3.8, 4) is 0 Å². The standard InChI is InChI=1S/C28H32N2O/c31-28-25(16-15-22-9-7-8-14-26(22)28)21-29-17-19-30(20-18-29)27(23-10-3-1-4-11-23)24-12-5-2-6-13-24/h1-14,25,27-28,31H,15-21H2. The average molecular weight is 413 g/mol. The van der Waals surface area contributed by atoms with E-state index in [4.69, 9.17) is 0 Å². The molecule has 1 saturated heterocycles. The van der Waals surface area contributed by atoms with E-state index < -0.39 is 0 Å². The second kappa shape index (κ2) is 9.35. The van der Waals surface area contributed by atoms with Crippen molar-refractivity contribution in [2.75, 3.05) is 32.7 Å². The van der Waals surface area contributed by atoms with Gasteiger partial charge in [0.2, 0.25) is 0 Å². The monoisotopic (exact) mass is 412 g/mol. The summed E-state index contributed by atoms with van der Waals surface area (Å²) in [4.78, 5) is 5.18. The van der Waals surface area contributed by atoms with Gasteiger partial charge in [0, 0.05) is 38.6 Å². The number of aliphatic hydroxyl groups excluding tert-OH is 1. The quantitative estimate of drug-likeness (QED) is 0.659. The topological polar surface area (TPSA) is 26.7 Å². The molecule has 0 amide bonds. The Hall–Kier alpha value is -2.46. The van der Waals surface area contributed by atoms with Crippen LogP contribution in [0.1, 0.15) is 40.8 Å². The van der Waals surface area contributed by atoms with Gasteiger partial charge < -0.3 is 10.0 Å². The van der Waals surface area contributed by atoms with Crippen molar-refractivity contribution < 1.29 is 5.11 Å². The molecule has 1 fully saturated rings. The lowest BCUT2D eigenvalue weighted by Gasteiger charge is -2.42. The maximum atomic E-state index is 11.0. The van der Waals surface area contributed by atoms with E-state index in [2.05, 4.69) is 94.7 Å². The third-order valence-corrected chi connectivity index (χ3v) is 7.10. The second-order valence-corrected chi connectivity index (χ2v) is 9.00. The maximum absolute atomic E-state index is 11.0. The smallest absolute Gasteiger partial charge is 0.0833 e. The van der Waals surface area contributed by atoms with Crippen LogP contribution < -0.4 is 0 Å². The van der Waals surface area contributed by atoms with Crippen LogP contribution in [-0.2, 0) is 6.42 Å². The highest BCUT2D eigenvalue weighted by Gasteiger charge is 2.31. The van der Waals surface area contributed by atoms with Gasteiger partial charge in [0.1, 0.15) is 0 Å². The zero-order valence-electron chi connectivity index (χ0n) is 18.1. The number of benzene rings is 3. The van der Waals surface area contributed by atoms with Crippen molar-refractivity contribution in [1.29, 1.82) is 0 Å². The van der Waals surface area contributed by atoms with Crippen molar-refractivity contribution in [1.82, 2.24) is 9.80 Å². The molecule has 0 bridgehead atoms. The molecule has 1 N–H and O–H groups in total. The van der Waals surface area contributed by atoms with E-state index in [1.165, 1.54) is 16.7 Å². The third-order valence-electron chi connectivity index (χ3n) is 7.10. The van der Waals surface area contributed by atoms with Crippen LogP contribution in [0.5, 0.6) is 0 Å². The van der Waals surface area contributed by atoms with Gasteiger partial charge in [-0.15, -0.1) is 0 Å². The molecule has 3 heteroatoms. The van der Waals surface area contributed by atoms with Crippen LogP contribution in [0.25, 0.3) is 0 Å². The van der Waals surface area contributed by atoms with Crippen LogP contribution in [-0.4, -0.2) is 47.6 Å². The van der Waals surface area contributed by atoms with E-state index in [9.17, 15) is 5.11 Å². The number of piperazine rings is 1. The normalized spacial score (nSPS) is 22.4. The summed E-state index contributed by atoms with van der Waals surface area (Å²) in [6.07, 6.45) is 1.83. The maximum Gasteiger partial charge on any atom is 0.0833 e. The molecule has 2 atom stereocenters. The first-order valence-corrected chi connectivity index (χ1v) is 11.6. The molecule has 31 heavy (non-hydrogen) atoms. The first kappa shape index (κ1) is 20.4. The molecule has 2 aliphatic rings. The molecule has 5 rings (SSSR count). The lowest BCUT2D eigenvalue weighted by Crippen LogP contribution is -2.49. The molecule has 0 aromatic heterocycles. The van der Waals surface area contributed by atoms with Crippen LogP contribution in [0, 0.1) is 5.92 Å². The van der Waals surface area contributed by atoms with Crippen LogP contribution in [0.15, 0.2) is 84.9 Å². The highest BCUT2D eigenvalue weighted by molar-refractivity contribution is 5.33. The minimum Gasteiger partial charge on any atom is -0.388 e. The van der Waals surface area contributed by atoms with Gasteiger partial charge in [0.15, 0.2) is 0 Å². The largest absolute Gasteiger partial charge is 0.388 e. The molecule has 1 aliphatic heterocycles. The molecule has 0 spiro atoms. The fourth-order valence-corrected chi connectivity index (χ4v) is 5.41. The van der Waals surface area contributed by atoms with Crippen LogP contribution in [0.3, 0.4) is 0 Å². The molecule has 160 valence electrons. The van der Waals surface area contributed by atoms with Crippen LogP contribution in [0.2, 0.25) is 0 Å². The summed E-state index contributed by atoms with van der Waals surface area (Å²) >= 11 is 0. The van der Waals surface area contributed by atoms with Crippen molar-refractivity contribution in [3.63, 3.8) is 0 Å². The summed E-state index contributed by atoms with van der Waals surface area (Å²) in [5, 5.41) is 11.0. The van der Waals surface area contributed by atoms with Crippen molar-refractivity contribution in [2.24, 2.45) is 5.92 Å². The molecule has 3 aromatic carbocycles. The number of aliphatic hydroxyl groups is 1. The number of fused-ring (bicyclic) bond motifs is 1. The van der Waals surface area contributed by atoms with Gasteiger partial charge in [-0.25, -0.2) is 0 Å². The Kier molecular flexibility index (Phi) is 6.17. The van der Waals surface area contributed by atoms with Gasteiger partial charge in [-0.2, -0.15) is 0 Å². The summed E-state index contributed by atoms with van der Waals surface area (Å²) in [6, 6.07) is 30.5. The minimum absolute atomic E-state index is 0.302. The summed E-state index contributed by atoms with van der Waals surface area (Å²) in [6.45, 7) is 5.20. The Balaban J connectivity index is 1.25. The molecule has 3 aromatic rings. The summed E-state index contributed by atoms with van der Waals surface area (Å²) in [5.74, 6) is 0.334. The average Bonchev–Trinajstić information content (AvgIpc) is 2.84. The molecule has 1 heterocycles. The van der Waals surface area contributed by atoms with Crippen LogP contribution in [0.4, 0.5) is 0 Å². The van der Waals surface area contributed by atoms with Crippen molar-refractivity contribution >= 4 is 0 Å². The summed E-state index contributed by atoms with van der Waals surface area (Å²) < 4.78 is 0. The highest BCUT2D eigenvalue weighted by atomic mass is 16.3. The first-order chi connectivity index (χ1) is 15.3. The van der Waals surface area contributed by atoms with Crippen molar-refractivity contribution in [3.05, 3.63) is 107 Å². The fourth-order valence-electron chi connectivity index (χ4n) is 5.41. The van der Waals surface area contributed by atoms with Gasteiger partial charge >= 0.3 is 0 Å². The van der Waals surface area contributed by atoms with Gasteiger partial charge in [0.05, 0.1) is 12.1 Å². The molecular formula is C28H32N2O. The Morgan fingerprint density at radius 1 is 0.742 bits per heavy atom. The van der Waals surface area contributed by atoms with Crippen LogP contribution >= 0.6 is 0 Å². The number of aryl methyl sites for hydroxylation is 1. The SMILES string of the molecule is OC1c2ccccc2CCC1CN1CCN(C(c2ccccc2)c2ccccc2)CC1. The summed E-state index contributed by atoms with van der Waals surface area (Å²) in [7, 11) is 0. The molecule has 2 unspecified atom stereocenters. The number of rotatable bonds is 5. The molecule has 3 nitrogen and oxygen atoms in total. The first-order valence-electron chi connectivity index (χ1n) is 11.6. The predicted molar refractivity (Wildman–Crippen MR) is 126 cm³/mol. The Labute approximate surface area is 185 Å². The van der Waals surface area contributed by atoms with Gasteiger partial charge in [-0.05, 0) is 35.1 Å². The van der Waals surface area contributed by atoms with E-state index >= 15 is 0 Å². The molecule has 0 radical (unpaired) electrons. The zero-order chi connectivity index (χ0) is 21.0. The Morgan fingerprint density at radius 2 is 1.32 bits per heavy atom. The minimum atomic E-state index is -0.329. The molecule has 1 aliphatic carbocycles. The number of hydrogen-bond donors (Lipinski definition) is 1. The van der Waals surface area contributed by atoms with Crippen molar-refractivity contribution in [2.45, 2.75) is 25.0 Å². The van der Waals surface area contributed by atoms with E-state index in [1.54, 1.807) is 0 Å². The van der Waals surface area contributed by atoms with E-state index in [-0.39, 0.29) is 6.10 Å². The van der Waals surface area contributed by atoms with E-state index in [0.29, 0.717) is 12.0 Å². The Morgan fingerprint density at radius 3 is 1.97 bits per heavy atom. The Bertz CT molecular complexity index is 927. The molecular weight excluding hydrogens is 380 g/mol. The van der Waals surface area contributed by atoms with Gasteiger partial charge in [-0.3, -0.25) is 4.90 Å². The second-order valence-electron chi connectivity index (χ2n) is 9.00. The van der Waals surface area contributed by atoms with Gasteiger partial charge in [-0.1, -0.05) is 84.9 Å². The van der Waals surface area contributed by atoms with Gasteiger partial charge in [0.25, 0.3) is 0 Å². The number of hydrogen-bond acceptors (Lipinski definition) is 3.